The first-order valence-corrected chi connectivity index (χ1v) is 5.44. The van der Waals surface area contributed by atoms with Crippen molar-refractivity contribution in [2.75, 3.05) is 19.0 Å². The molecule has 0 N–H and O–H groups in total. The van der Waals surface area contributed by atoms with E-state index < -0.39 is 0 Å². The molecule has 1 amide bonds. The van der Waals surface area contributed by atoms with Gasteiger partial charge in [0, 0.05) is 24.9 Å². The molecule has 13 heavy (non-hydrogen) atoms. The molecule has 1 heterocycles. The predicted molar refractivity (Wildman–Crippen MR) is 54.8 cm³/mol. The van der Waals surface area contributed by atoms with Crippen molar-refractivity contribution in [3.05, 3.63) is 0 Å². The number of alkyl halides is 1. The summed E-state index contributed by atoms with van der Waals surface area (Å²) in [6, 6.07) is 0. The molecule has 0 bridgehead atoms. The lowest BCUT2D eigenvalue weighted by atomic mass is 10.0. The largest absolute Gasteiger partial charge is 0.342 e. The van der Waals surface area contributed by atoms with Crippen LogP contribution in [-0.2, 0) is 4.79 Å². The Morgan fingerprint density at radius 3 is 2.62 bits per heavy atom. The van der Waals surface area contributed by atoms with Gasteiger partial charge in [-0.3, -0.25) is 4.79 Å². The second-order valence-electron chi connectivity index (χ2n) is 4.27. The third-order valence-corrected chi connectivity index (χ3v) is 3.39. The van der Waals surface area contributed by atoms with E-state index in [0.29, 0.717) is 23.6 Å². The van der Waals surface area contributed by atoms with Crippen molar-refractivity contribution in [1.29, 1.82) is 0 Å². The average Bonchev–Trinajstić information content (AvgIpc) is 2.34. The van der Waals surface area contributed by atoms with Crippen LogP contribution in [0, 0.1) is 17.8 Å². The van der Waals surface area contributed by atoms with Gasteiger partial charge in [-0.2, -0.15) is 0 Å². The number of hydrogen-bond donors (Lipinski definition) is 0. The van der Waals surface area contributed by atoms with Crippen LogP contribution in [0.15, 0.2) is 0 Å². The molecule has 0 radical (unpaired) electrons. The molecule has 1 aliphatic rings. The van der Waals surface area contributed by atoms with Crippen LogP contribution in [0.2, 0.25) is 0 Å². The summed E-state index contributed by atoms with van der Waals surface area (Å²) in [5.41, 5.74) is 0. The Kier molecular flexibility index (Phi) is 3.60. The zero-order valence-corrected chi connectivity index (χ0v) is 9.34. The molecule has 1 rings (SSSR count). The lowest BCUT2D eigenvalue weighted by molar-refractivity contribution is -0.131. The van der Waals surface area contributed by atoms with Crippen LogP contribution in [0.1, 0.15) is 20.8 Å². The molecule has 0 aromatic carbocycles. The van der Waals surface area contributed by atoms with Gasteiger partial charge in [-0.05, 0) is 11.8 Å². The second-order valence-corrected chi connectivity index (χ2v) is 4.58. The average molecular weight is 204 g/mol. The van der Waals surface area contributed by atoms with Gasteiger partial charge >= 0.3 is 0 Å². The zero-order valence-electron chi connectivity index (χ0n) is 8.59. The fourth-order valence-corrected chi connectivity index (χ4v) is 1.81. The topological polar surface area (TPSA) is 20.3 Å². The lowest BCUT2D eigenvalue weighted by Crippen LogP contribution is -2.31. The number of halogens is 1. The van der Waals surface area contributed by atoms with E-state index >= 15 is 0 Å². The molecule has 3 unspecified atom stereocenters. The molecule has 3 heteroatoms. The van der Waals surface area contributed by atoms with Gasteiger partial charge < -0.3 is 4.90 Å². The number of rotatable bonds is 3. The third kappa shape index (κ3) is 2.37. The maximum Gasteiger partial charge on any atom is 0.225 e. The summed E-state index contributed by atoms with van der Waals surface area (Å²) < 4.78 is 0. The minimum atomic E-state index is 0.197. The maximum atomic E-state index is 11.6. The molecular weight excluding hydrogens is 186 g/mol. The second kappa shape index (κ2) is 4.32. The van der Waals surface area contributed by atoms with Crippen LogP contribution in [0.5, 0.6) is 0 Å². The number of hydrogen-bond acceptors (Lipinski definition) is 1. The van der Waals surface area contributed by atoms with E-state index in [0.717, 1.165) is 13.1 Å². The van der Waals surface area contributed by atoms with E-state index in [4.69, 9.17) is 11.6 Å². The van der Waals surface area contributed by atoms with Gasteiger partial charge in [0.15, 0.2) is 0 Å². The Labute approximate surface area is 85.2 Å². The third-order valence-electron chi connectivity index (χ3n) is 2.86. The molecule has 0 aromatic heterocycles. The van der Waals surface area contributed by atoms with E-state index in [-0.39, 0.29) is 5.92 Å². The number of amides is 1. The van der Waals surface area contributed by atoms with Crippen LogP contribution >= 0.6 is 11.6 Å². The van der Waals surface area contributed by atoms with Crippen molar-refractivity contribution in [3.8, 4) is 0 Å². The van der Waals surface area contributed by atoms with Crippen molar-refractivity contribution in [3.63, 3.8) is 0 Å². The fourth-order valence-electron chi connectivity index (χ4n) is 1.72. The van der Waals surface area contributed by atoms with Crippen molar-refractivity contribution in [2.45, 2.75) is 20.8 Å². The SMILES string of the molecule is CC(CCl)CN1CC(C)C(C)C1=O. The number of likely N-dealkylation sites (tertiary alicyclic amines) is 1. The molecule has 1 fully saturated rings. The Balaban J connectivity index is 2.49. The molecule has 3 atom stereocenters. The summed E-state index contributed by atoms with van der Waals surface area (Å²) in [4.78, 5) is 13.6. The van der Waals surface area contributed by atoms with Gasteiger partial charge in [0.25, 0.3) is 0 Å². The van der Waals surface area contributed by atoms with Gasteiger partial charge in [0.05, 0.1) is 0 Å². The monoisotopic (exact) mass is 203 g/mol. The zero-order chi connectivity index (χ0) is 10.0. The van der Waals surface area contributed by atoms with Gasteiger partial charge in [-0.15, -0.1) is 11.6 Å². The Morgan fingerprint density at radius 1 is 1.62 bits per heavy atom. The lowest BCUT2D eigenvalue weighted by Gasteiger charge is -2.19. The van der Waals surface area contributed by atoms with Gasteiger partial charge in [-0.25, -0.2) is 0 Å². The standard InChI is InChI=1S/C10H18ClNO/c1-7(4-11)5-12-6-8(2)9(3)10(12)13/h7-9H,4-6H2,1-3H3. The molecule has 1 aliphatic heterocycles. The van der Waals surface area contributed by atoms with Crippen LogP contribution in [0.25, 0.3) is 0 Å². The van der Waals surface area contributed by atoms with Crippen LogP contribution in [0.3, 0.4) is 0 Å². The first-order valence-electron chi connectivity index (χ1n) is 4.91. The highest BCUT2D eigenvalue weighted by Gasteiger charge is 2.34. The quantitative estimate of drug-likeness (QED) is 0.643. The van der Waals surface area contributed by atoms with Gasteiger partial charge in [0.2, 0.25) is 5.91 Å². The number of nitrogens with zero attached hydrogens (tertiary/aromatic N) is 1. The van der Waals surface area contributed by atoms with Crippen LogP contribution in [-0.4, -0.2) is 29.8 Å². The van der Waals surface area contributed by atoms with Crippen molar-refractivity contribution >= 4 is 17.5 Å². The summed E-state index contributed by atoms with van der Waals surface area (Å²) in [6.07, 6.45) is 0. The molecule has 0 aromatic rings. The van der Waals surface area contributed by atoms with Crippen LogP contribution in [0.4, 0.5) is 0 Å². The van der Waals surface area contributed by atoms with Crippen molar-refractivity contribution in [1.82, 2.24) is 4.90 Å². The van der Waals surface area contributed by atoms with Gasteiger partial charge in [0.1, 0.15) is 0 Å². The van der Waals surface area contributed by atoms with E-state index in [1.54, 1.807) is 0 Å². The molecular formula is C10H18ClNO. The summed E-state index contributed by atoms with van der Waals surface area (Å²) in [7, 11) is 0. The number of carbonyl (C=O) groups excluding carboxylic acids is 1. The van der Waals surface area contributed by atoms with Crippen molar-refractivity contribution < 1.29 is 4.79 Å². The van der Waals surface area contributed by atoms with Crippen molar-refractivity contribution in [2.24, 2.45) is 17.8 Å². The Bertz CT molecular complexity index is 195. The summed E-state index contributed by atoms with van der Waals surface area (Å²) in [5, 5.41) is 0. The summed E-state index contributed by atoms with van der Waals surface area (Å²) in [5.74, 6) is 2.03. The highest BCUT2D eigenvalue weighted by atomic mass is 35.5. The normalized spacial score (nSPS) is 31.1. The van der Waals surface area contributed by atoms with E-state index in [2.05, 4.69) is 13.8 Å². The van der Waals surface area contributed by atoms with Crippen LogP contribution < -0.4 is 0 Å². The highest BCUT2D eigenvalue weighted by molar-refractivity contribution is 6.18. The molecule has 76 valence electrons. The first-order chi connectivity index (χ1) is 6.06. The maximum absolute atomic E-state index is 11.6. The Hall–Kier alpha value is -0.240. The van der Waals surface area contributed by atoms with E-state index in [9.17, 15) is 4.79 Å². The minimum Gasteiger partial charge on any atom is -0.342 e. The molecule has 0 saturated carbocycles. The highest BCUT2D eigenvalue weighted by Crippen LogP contribution is 2.24. The predicted octanol–water partition coefficient (Wildman–Crippen LogP) is 1.98. The molecule has 0 spiro atoms. The fraction of sp³-hybridized carbons (Fsp3) is 0.900. The first kappa shape index (κ1) is 10.8. The minimum absolute atomic E-state index is 0.197. The summed E-state index contributed by atoms with van der Waals surface area (Å²) >= 11 is 5.71. The summed E-state index contributed by atoms with van der Waals surface area (Å²) in [6.45, 7) is 7.94. The number of carbonyl (C=O) groups is 1. The molecule has 2 nitrogen and oxygen atoms in total. The van der Waals surface area contributed by atoms with E-state index in [1.807, 2.05) is 11.8 Å². The molecule has 1 saturated heterocycles. The van der Waals surface area contributed by atoms with E-state index in [1.165, 1.54) is 0 Å². The van der Waals surface area contributed by atoms with Gasteiger partial charge in [-0.1, -0.05) is 20.8 Å². The smallest absolute Gasteiger partial charge is 0.225 e. The molecule has 0 aliphatic carbocycles. The Morgan fingerprint density at radius 2 is 2.23 bits per heavy atom.